The summed E-state index contributed by atoms with van der Waals surface area (Å²) < 4.78 is 36.2. The van der Waals surface area contributed by atoms with Gasteiger partial charge in [-0.3, -0.25) is 0 Å². The van der Waals surface area contributed by atoms with Gasteiger partial charge in [-0.15, -0.1) is 0 Å². The van der Waals surface area contributed by atoms with Crippen molar-refractivity contribution >= 4 is 15.9 Å². The molecule has 0 saturated carbocycles. The molecule has 2 fully saturated rings. The Kier molecular flexibility index (Phi) is 3.16. The van der Waals surface area contributed by atoms with E-state index in [2.05, 4.69) is 5.32 Å². The maximum absolute atomic E-state index is 13.0. The Morgan fingerprint density at radius 1 is 1.45 bits per heavy atom. The normalized spacial score (nSPS) is 26.8. The van der Waals surface area contributed by atoms with Crippen molar-refractivity contribution in [3.63, 3.8) is 0 Å². The number of fused-ring (bicyclic) bond motifs is 2. The zero-order chi connectivity index (χ0) is 14.3. The lowest BCUT2D eigenvalue weighted by atomic mass is 10.2. The Morgan fingerprint density at radius 3 is 2.85 bits per heavy atom. The van der Waals surface area contributed by atoms with Crippen LogP contribution in [-0.4, -0.2) is 42.9 Å². The summed E-state index contributed by atoms with van der Waals surface area (Å²) in [5, 5.41) is 2.30. The van der Waals surface area contributed by atoms with Crippen LogP contribution in [0.5, 0.6) is 0 Å². The van der Waals surface area contributed by atoms with Gasteiger partial charge >= 0.3 is 6.03 Å². The molecule has 2 aliphatic heterocycles. The van der Waals surface area contributed by atoms with Crippen LogP contribution in [0, 0.1) is 5.82 Å². The molecule has 5 nitrogen and oxygen atoms in total. The van der Waals surface area contributed by atoms with Crippen LogP contribution in [0.25, 0.3) is 0 Å². The van der Waals surface area contributed by atoms with Crippen LogP contribution < -0.4 is 5.32 Å². The van der Waals surface area contributed by atoms with E-state index in [1.54, 1.807) is 17.0 Å². The summed E-state index contributed by atoms with van der Waals surface area (Å²) in [5.74, 6) is -0.284. The Labute approximate surface area is 116 Å². The summed E-state index contributed by atoms with van der Waals surface area (Å²) in [4.78, 5) is 13.6. The molecule has 2 amide bonds. The van der Waals surface area contributed by atoms with E-state index in [4.69, 9.17) is 0 Å². The van der Waals surface area contributed by atoms with Gasteiger partial charge in [-0.1, -0.05) is 12.1 Å². The Balaban J connectivity index is 1.59. The third kappa shape index (κ3) is 2.37. The minimum atomic E-state index is -3.00. The van der Waals surface area contributed by atoms with E-state index in [9.17, 15) is 17.6 Å². The molecular formula is C13H15FN2O3S. The number of halogens is 1. The van der Waals surface area contributed by atoms with Crippen LogP contribution in [0.15, 0.2) is 24.3 Å². The summed E-state index contributed by atoms with van der Waals surface area (Å²) in [6.07, 6.45) is 0.537. The number of amides is 2. The average Bonchev–Trinajstić information content (AvgIpc) is 2.91. The predicted octanol–water partition coefficient (Wildman–Crippen LogP) is 0.907. The van der Waals surface area contributed by atoms with E-state index in [1.807, 2.05) is 0 Å². The van der Waals surface area contributed by atoms with Crippen molar-refractivity contribution < 1.29 is 17.6 Å². The molecule has 2 saturated heterocycles. The minimum Gasteiger partial charge on any atom is -0.334 e. The highest BCUT2D eigenvalue weighted by atomic mass is 32.2. The number of likely N-dealkylation sites (tertiary alicyclic amines) is 1. The van der Waals surface area contributed by atoms with Crippen LogP contribution in [-0.2, 0) is 16.4 Å². The second-order valence-corrected chi connectivity index (χ2v) is 7.61. The predicted molar refractivity (Wildman–Crippen MR) is 71.3 cm³/mol. The van der Waals surface area contributed by atoms with Gasteiger partial charge in [0, 0.05) is 19.1 Å². The second-order valence-electron chi connectivity index (χ2n) is 5.28. The monoisotopic (exact) mass is 298 g/mol. The lowest BCUT2D eigenvalue weighted by molar-refractivity contribution is 0.195. The van der Waals surface area contributed by atoms with Crippen LogP contribution in [0.1, 0.15) is 12.0 Å². The topological polar surface area (TPSA) is 66.5 Å². The number of hydrogen-bond acceptors (Lipinski definition) is 3. The van der Waals surface area contributed by atoms with Gasteiger partial charge < -0.3 is 10.2 Å². The number of hydrogen-bond donors (Lipinski definition) is 1. The fraction of sp³-hybridized carbons (Fsp3) is 0.462. The molecule has 7 heteroatoms. The standard InChI is InChI=1S/C13H15FN2O3S/c14-10-3-1-2-9(4-10)6-15-13(17)16-7-12-5-11(16)8-20(12,18)19/h1-4,11-12H,5-8H2,(H,15,17)/t11-,12+/m0/s1. The molecule has 2 aliphatic rings. The molecule has 0 unspecified atom stereocenters. The second kappa shape index (κ2) is 4.73. The zero-order valence-corrected chi connectivity index (χ0v) is 11.6. The molecule has 1 aromatic rings. The lowest BCUT2D eigenvalue weighted by Gasteiger charge is -2.27. The van der Waals surface area contributed by atoms with Gasteiger partial charge in [0.05, 0.1) is 11.0 Å². The van der Waals surface area contributed by atoms with Crippen molar-refractivity contribution in [2.24, 2.45) is 0 Å². The summed E-state index contributed by atoms with van der Waals surface area (Å²) in [6.45, 7) is 0.499. The molecule has 0 aromatic heterocycles. The van der Waals surface area contributed by atoms with Crippen molar-refractivity contribution in [3.8, 4) is 0 Å². The highest BCUT2D eigenvalue weighted by Gasteiger charge is 2.49. The molecular weight excluding hydrogens is 283 g/mol. The largest absolute Gasteiger partial charge is 0.334 e. The van der Waals surface area contributed by atoms with Crippen LogP contribution in [0.3, 0.4) is 0 Å². The Hall–Kier alpha value is -1.63. The molecule has 2 atom stereocenters. The molecule has 1 N–H and O–H groups in total. The highest BCUT2D eigenvalue weighted by Crippen LogP contribution is 2.32. The summed E-state index contributed by atoms with van der Waals surface area (Å²) in [5.41, 5.74) is 0.676. The Bertz CT molecular complexity index is 647. The lowest BCUT2D eigenvalue weighted by Crippen LogP contribution is -2.48. The average molecular weight is 298 g/mol. The van der Waals surface area contributed by atoms with E-state index in [1.165, 1.54) is 12.1 Å². The third-order valence-electron chi connectivity index (χ3n) is 3.90. The number of sulfone groups is 1. The molecule has 0 radical (unpaired) electrons. The molecule has 2 bridgehead atoms. The van der Waals surface area contributed by atoms with Crippen molar-refractivity contribution in [1.82, 2.24) is 10.2 Å². The van der Waals surface area contributed by atoms with Crippen molar-refractivity contribution in [1.29, 1.82) is 0 Å². The van der Waals surface area contributed by atoms with Crippen molar-refractivity contribution in [2.75, 3.05) is 12.3 Å². The summed E-state index contributed by atoms with van der Waals surface area (Å²) in [6, 6.07) is 5.52. The van der Waals surface area contributed by atoms with Crippen molar-refractivity contribution in [3.05, 3.63) is 35.6 Å². The Morgan fingerprint density at radius 2 is 2.25 bits per heavy atom. The van der Waals surface area contributed by atoms with Gasteiger partial charge in [0.25, 0.3) is 0 Å². The first-order chi connectivity index (χ1) is 9.45. The van der Waals surface area contributed by atoms with Gasteiger partial charge in [-0.25, -0.2) is 17.6 Å². The quantitative estimate of drug-likeness (QED) is 0.882. The van der Waals surface area contributed by atoms with E-state index in [0.29, 0.717) is 12.0 Å². The molecule has 20 heavy (non-hydrogen) atoms. The molecule has 3 rings (SSSR count). The van der Waals surface area contributed by atoms with Crippen molar-refractivity contribution in [2.45, 2.75) is 24.3 Å². The molecule has 1 aromatic carbocycles. The van der Waals surface area contributed by atoms with E-state index >= 15 is 0 Å². The molecule has 0 spiro atoms. The van der Waals surface area contributed by atoms with Crippen LogP contribution in [0.4, 0.5) is 9.18 Å². The first-order valence-electron chi connectivity index (χ1n) is 6.46. The summed E-state index contributed by atoms with van der Waals surface area (Å²) >= 11 is 0. The maximum atomic E-state index is 13.0. The van der Waals surface area contributed by atoms with E-state index < -0.39 is 15.1 Å². The first-order valence-corrected chi connectivity index (χ1v) is 8.18. The fourth-order valence-corrected chi connectivity index (χ4v) is 4.90. The number of rotatable bonds is 2. The number of urea groups is 1. The third-order valence-corrected chi connectivity index (χ3v) is 6.11. The molecule has 108 valence electrons. The SMILES string of the molecule is O=C(NCc1cccc(F)c1)N1C[C@H]2C[C@H]1CS2(=O)=O. The van der Waals surface area contributed by atoms with Gasteiger partial charge in [0.2, 0.25) is 0 Å². The van der Waals surface area contributed by atoms with Gasteiger partial charge in [-0.05, 0) is 24.1 Å². The fourth-order valence-electron chi connectivity index (χ4n) is 2.87. The smallest absolute Gasteiger partial charge is 0.317 e. The number of nitrogens with zero attached hydrogens (tertiary/aromatic N) is 1. The van der Waals surface area contributed by atoms with E-state index in [-0.39, 0.29) is 36.7 Å². The number of carbonyl (C=O) groups is 1. The number of benzene rings is 1. The van der Waals surface area contributed by atoms with Gasteiger partial charge in [-0.2, -0.15) is 0 Å². The van der Waals surface area contributed by atoms with Crippen LogP contribution >= 0.6 is 0 Å². The first kappa shape index (κ1) is 13.4. The minimum absolute atomic E-state index is 0.0606. The van der Waals surface area contributed by atoms with Gasteiger partial charge in [0.1, 0.15) is 5.82 Å². The highest BCUT2D eigenvalue weighted by molar-refractivity contribution is 7.92. The van der Waals surface area contributed by atoms with Gasteiger partial charge in [0.15, 0.2) is 9.84 Å². The zero-order valence-electron chi connectivity index (χ0n) is 10.8. The number of nitrogens with one attached hydrogen (secondary N) is 1. The van der Waals surface area contributed by atoms with Crippen LogP contribution in [0.2, 0.25) is 0 Å². The number of carbonyl (C=O) groups excluding carboxylic acids is 1. The van der Waals surface area contributed by atoms with E-state index in [0.717, 1.165) is 0 Å². The maximum Gasteiger partial charge on any atom is 0.317 e. The molecule has 2 heterocycles. The molecule has 0 aliphatic carbocycles. The summed E-state index contributed by atoms with van der Waals surface area (Å²) in [7, 11) is -3.00.